The van der Waals surface area contributed by atoms with Gasteiger partial charge < -0.3 is 13.8 Å². The summed E-state index contributed by atoms with van der Waals surface area (Å²) < 4.78 is 38.1. The average Bonchev–Trinajstić information content (AvgIpc) is 3.51. The van der Waals surface area contributed by atoms with Crippen molar-refractivity contribution in [3.05, 3.63) is 47.4 Å². The molecule has 3 heterocycles. The van der Waals surface area contributed by atoms with Gasteiger partial charge in [0, 0.05) is 27.6 Å². The summed E-state index contributed by atoms with van der Waals surface area (Å²) in [6, 6.07) is 8.54. The molecule has 0 radical (unpaired) electrons. The Kier molecular flexibility index (Phi) is 6.09. The van der Waals surface area contributed by atoms with Gasteiger partial charge in [0.1, 0.15) is 5.82 Å². The van der Waals surface area contributed by atoms with Gasteiger partial charge in [-0.25, -0.2) is 17.7 Å². The fourth-order valence-electron chi connectivity index (χ4n) is 3.07. The number of sulfonamides is 1. The number of esters is 1. The van der Waals surface area contributed by atoms with Gasteiger partial charge in [-0.1, -0.05) is 11.2 Å². The van der Waals surface area contributed by atoms with Crippen LogP contribution in [0.15, 0.2) is 45.1 Å². The molecule has 0 unspecified atom stereocenters. The van der Waals surface area contributed by atoms with Gasteiger partial charge in [-0.05, 0) is 29.6 Å². The number of benzene rings is 1. The lowest BCUT2D eigenvalue weighted by molar-refractivity contribution is -0.145. The number of aromatic nitrogens is 4. The summed E-state index contributed by atoms with van der Waals surface area (Å²) in [5, 5.41) is 5.73. The third-order valence-electron chi connectivity index (χ3n) is 4.84. The number of hydrogen-bond acceptors (Lipinski definition) is 9. The lowest BCUT2D eigenvalue weighted by Crippen LogP contribution is -2.22. The molecular weight excluding hydrogens is 454 g/mol. The molecule has 0 spiro atoms. The van der Waals surface area contributed by atoms with Crippen molar-refractivity contribution in [2.75, 3.05) is 14.1 Å². The van der Waals surface area contributed by atoms with E-state index in [0.717, 1.165) is 14.7 Å². The van der Waals surface area contributed by atoms with Crippen molar-refractivity contribution < 1.29 is 22.5 Å². The number of rotatable bonds is 8. The molecule has 0 aliphatic carbocycles. The van der Waals surface area contributed by atoms with Crippen molar-refractivity contribution in [1.29, 1.82) is 0 Å². The van der Waals surface area contributed by atoms with Crippen molar-refractivity contribution in [1.82, 2.24) is 24.0 Å². The number of nitrogens with zero attached hydrogens (tertiary/aromatic N) is 5. The van der Waals surface area contributed by atoms with Gasteiger partial charge in [0.25, 0.3) is 5.89 Å². The number of hydrogen-bond donors (Lipinski definition) is 0. The van der Waals surface area contributed by atoms with E-state index >= 15 is 0 Å². The Labute approximate surface area is 188 Å². The van der Waals surface area contributed by atoms with Gasteiger partial charge in [-0.2, -0.15) is 4.98 Å². The summed E-state index contributed by atoms with van der Waals surface area (Å²) in [6.07, 6.45) is 0.447. The minimum absolute atomic E-state index is 0.0813. The van der Waals surface area contributed by atoms with Crippen LogP contribution in [0.5, 0.6) is 0 Å². The molecule has 4 rings (SSSR count). The minimum atomic E-state index is -3.55. The molecule has 4 aromatic rings. The molecule has 3 aromatic heterocycles. The monoisotopic (exact) mass is 475 g/mol. The van der Waals surface area contributed by atoms with Crippen molar-refractivity contribution in [3.8, 4) is 10.8 Å². The summed E-state index contributed by atoms with van der Waals surface area (Å²) in [6.45, 7) is -0.0813. The van der Waals surface area contributed by atoms with Crippen LogP contribution >= 0.6 is 11.3 Å². The van der Waals surface area contributed by atoms with Crippen molar-refractivity contribution in [3.63, 3.8) is 0 Å². The summed E-state index contributed by atoms with van der Waals surface area (Å²) in [5.41, 5.74) is 1.32. The highest BCUT2D eigenvalue weighted by Crippen LogP contribution is 2.23. The zero-order valence-electron chi connectivity index (χ0n) is 17.7. The standard InChI is InChI=1S/C20H21N5O5S2/c1-24(2)32(27,28)13-6-7-15-14(11-13)21-18(25(15)3)8-9-19(26)29-12-17-22-20(30-23-17)16-5-4-10-31-16/h4-7,10-11H,8-9,12H2,1-3H3. The maximum absolute atomic E-state index is 12.4. The van der Waals surface area contributed by atoms with Crippen LogP contribution in [0.3, 0.4) is 0 Å². The Balaban J connectivity index is 1.38. The molecule has 0 bridgehead atoms. The summed E-state index contributed by atoms with van der Waals surface area (Å²) >= 11 is 1.48. The summed E-state index contributed by atoms with van der Waals surface area (Å²) in [4.78, 5) is 21.9. The van der Waals surface area contributed by atoms with Gasteiger partial charge in [-0.3, -0.25) is 4.79 Å². The summed E-state index contributed by atoms with van der Waals surface area (Å²) in [5.74, 6) is 0.909. The lowest BCUT2D eigenvalue weighted by atomic mass is 10.3. The normalized spacial score (nSPS) is 12.0. The second kappa shape index (κ2) is 8.81. The highest BCUT2D eigenvalue weighted by atomic mass is 32.2. The third-order valence-corrected chi connectivity index (χ3v) is 7.51. The number of thiophene rings is 1. The molecule has 0 fully saturated rings. The molecule has 168 valence electrons. The molecular formula is C20H21N5O5S2. The van der Waals surface area contributed by atoms with E-state index in [-0.39, 0.29) is 17.9 Å². The number of fused-ring (bicyclic) bond motifs is 1. The van der Waals surface area contributed by atoms with Crippen LogP contribution in [0.2, 0.25) is 0 Å². The molecule has 0 saturated heterocycles. The predicted octanol–water partition coefficient (Wildman–Crippen LogP) is 2.61. The number of aryl methyl sites for hydroxylation is 2. The van der Waals surface area contributed by atoms with E-state index in [4.69, 9.17) is 9.26 Å². The van der Waals surface area contributed by atoms with Crippen LogP contribution in [0, 0.1) is 0 Å². The Bertz CT molecular complexity index is 1360. The van der Waals surface area contributed by atoms with Crippen LogP contribution in [0.1, 0.15) is 18.1 Å². The zero-order valence-corrected chi connectivity index (χ0v) is 19.3. The molecule has 0 aliphatic heterocycles. The second-order valence-corrected chi connectivity index (χ2v) is 10.3. The molecule has 32 heavy (non-hydrogen) atoms. The van der Waals surface area contributed by atoms with Crippen LogP contribution < -0.4 is 0 Å². The fraction of sp³-hybridized carbons (Fsp3) is 0.300. The Hall–Kier alpha value is -3.09. The first kappa shape index (κ1) is 22.1. The number of imidazole rings is 1. The van der Waals surface area contributed by atoms with Gasteiger partial charge in [0.05, 0.1) is 27.2 Å². The first-order valence-corrected chi connectivity index (χ1v) is 12.0. The molecule has 0 amide bonds. The quantitative estimate of drug-likeness (QED) is 0.357. The van der Waals surface area contributed by atoms with Gasteiger partial charge in [0.15, 0.2) is 6.61 Å². The minimum Gasteiger partial charge on any atom is -0.457 e. The molecule has 0 N–H and O–H groups in total. The molecule has 0 aliphatic rings. The Morgan fingerprint density at radius 3 is 2.78 bits per heavy atom. The summed E-state index contributed by atoms with van der Waals surface area (Å²) in [7, 11) is 1.23. The van der Waals surface area contributed by atoms with Crippen LogP contribution in [0.4, 0.5) is 0 Å². The van der Waals surface area contributed by atoms with E-state index in [2.05, 4.69) is 15.1 Å². The van der Waals surface area contributed by atoms with Crippen LogP contribution in [-0.2, 0) is 39.6 Å². The van der Waals surface area contributed by atoms with E-state index < -0.39 is 16.0 Å². The van der Waals surface area contributed by atoms with E-state index in [9.17, 15) is 13.2 Å². The average molecular weight is 476 g/mol. The Morgan fingerprint density at radius 2 is 2.06 bits per heavy atom. The third kappa shape index (κ3) is 4.42. The SMILES string of the molecule is CN(C)S(=O)(=O)c1ccc2c(c1)nc(CCC(=O)OCc1noc(-c3cccs3)n1)n2C. The smallest absolute Gasteiger partial charge is 0.306 e. The second-order valence-electron chi connectivity index (χ2n) is 7.18. The first-order valence-electron chi connectivity index (χ1n) is 9.65. The van der Waals surface area contributed by atoms with E-state index in [1.54, 1.807) is 12.1 Å². The van der Waals surface area contributed by atoms with Gasteiger partial charge in [-0.15, -0.1) is 11.3 Å². The largest absolute Gasteiger partial charge is 0.457 e. The molecule has 12 heteroatoms. The first-order chi connectivity index (χ1) is 15.3. The van der Waals surface area contributed by atoms with E-state index in [1.807, 2.05) is 29.1 Å². The molecule has 1 aromatic carbocycles. The van der Waals surface area contributed by atoms with Crippen molar-refractivity contribution >= 4 is 38.4 Å². The maximum atomic E-state index is 12.4. The highest BCUT2D eigenvalue weighted by Gasteiger charge is 2.19. The van der Waals surface area contributed by atoms with Gasteiger partial charge >= 0.3 is 5.97 Å². The lowest BCUT2D eigenvalue weighted by Gasteiger charge is -2.10. The van der Waals surface area contributed by atoms with Crippen LogP contribution in [0.25, 0.3) is 21.8 Å². The predicted molar refractivity (Wildman–Crippen MR) is 117 cm³/mol. The number of carbonyl (C=O) groups excluding carboxylic acids is 1. The highest BCUT2D eigenvalue weighted by molar-refractivity contribution is 7.89. The fourth-order valence-corrected chi connectivity index (χ4v) is 4.64. The number of ether oxygens (including phenoxy) is 1. The van der Waals surface area contributed by atoms with Gasteiger partial charge in [0.2, 0.25) is 15.8 Å². The maximum Gasteiger partial charge on any atom is 0.306 e. The zero-order chi connectivity index (χ0) is 22.9. The topological polar surface area (TPSA) is 120 Å². The van der Waals surface area contributed by atoms with Crippen LogP contribution in [-0.4, -0.2) is 52.5 Å². The van der Waals surface area contributed by atoms with Crippen molar-refractivity contribution in [2.45, 2.75) is 24.3 Å². The molecule has 0 saturated carbocycles. The molecule has 10 nitrogen and oxygen atoms in total. The number of carbonyl (C=O) groups is 1. The van der Waals surface area contributed by atoms with Crippen molar-refractivity contribution in [2.24, 2.45) is 7.05 Å². The Morgan fingerprint density at radius 1 is 1.25 bits per heavy atom. The van der Waals surface area contributed by atoms with E-state index in [1.165, 1.54) is 31.5 Å². The molecule has 0 atom stereocenters. The van der Waals surface area contributed by atoms with E-state index in [0.29, 0.717) is 29.5 Å².